The van der Waals surface area contributed by atoms with Crippen LogP contribution >= 0.6 is 11.8 Å². The second-order valence-electron chi connectivity index (χ2n) is 3.69. The van der Waals surface area contributed by atoms with Crippen LogP contribution in [-0.2, 0) is 13.7 Å². The van der Waals surface area contributed by atoms with Gasteiger partial charge in [0.2, 0.25) is 0 Å². The molecule has 4 heteroatoms. The van der Waals surface area contributed by atoms with E-state index >= 15 is 0 Å². The first-order valence-corrected chi connectivity index (χ1v) is 5.88. The van der Waals surface area contributed by atoms with Crippen molar-refractivity contribution < 1.29 is 5.11 Å². The third kappa shape index (κ3) is 2.28. The highest BCUT2D eigenvalue weighted by atomic mass is 32.2. The Bertz CT molecular complexity index is 494. The number of rotatable bonds is 3. The number of aliphatic hydroxyl groups excluding tert-OH is 1. The Balaban J connectivity index is 2.31. The molecule has 2 rings (SSSR count). The van der Waals surface area contributed by atoms with Crippen molar-refractivity contribution in [3.05, 3.63) is 41.7 Å². The van der Waals surface area contributed by atoms with Crippen molar-refractivity contribution in [1.29, 1.82) is 0 Å². The molecule has 0 aliphatic rings. The van der Waals surface area contributed by atoms with Crippen molar-refractivity contribution in [2.75, 3.05) is 0 Å². The van der Waals surface area contributed by atoms with Crippen LogP contribution in [0.3, 0.4) is 0 Å². The predicted molar refractivity (Wildman–Crippen MR) is 64.4 cm³/mol. The highest BCUT2D eigenvalue weighted by molar-refractivity contribution is 7.99. The van der Waals surface area contributed by atoms with Gasteiger partial charge in [-0.2, -0.15) is 0 Å². The van der Waals surface area contributed by atoms with Crippen LogP contribution in [-0.4, -0.2) is 14.7 Å². The molecular formula is C12H14N2OS. The third-order valence-corrected chi connectivity index (χ3v) is 3.56. The van der Waals surface area contributed by atoms with Crippen molar-refractivity contribution in [3.63, 3.8) is 0 Å². The summed E-state index contributed by atoms with van der Waals surface area (Å²) in [6.45, 7) is 2.09. The minimum atomic E-state index is 0.0639. The van der Waals surface area contributed by atoms with Crippen molar-refractivity contribution in [2.45, 2.75) is 23.6 Å². The number of hydrogen-bond donors (Lipinski definition) is 1. The zero-order valence-electron chi connectivity index (χ0n) is 9.34. The third-order valence-electron chi connectivity index (χ3n) is 2.36. The number of imidazole rings is 1. The van der Waals surface area contributed by atoms with Gasteiger partial charge in [0.25, 0.3) is 0 Å². The molecule has 2 aromatic rings. The Morgan fingerprint density at radius 2 is 2.25 bits per heavy atom. The highest BCUT2D eigenvalue weighted by Crippen LogP contribution is 2.29. The number of nitrogens with zero attached hydrogens (tertiary/aromatic N) is 2. The first-order chi connectivity index (χ1) is 7.70. The van der Waals surface area contributed by atoms with Crippen LogP contribution in [0.25, 0.3) is 0 Å². The summed E-state index contributed by atoms with van der Waals surface area (Å²) in [7, 11) is 1.96. The van der Waals surface area contributed by atoms with E-state index < -0.39 is 0 Å². The molecule has 0 amide bonds. The van der Waals surface area contributed by atoms with Gasteiger partial charge in [0.05, 0.1) is 6.61 Å². The minimum Gasteiger partial charge on any atom is -0.392 e. The van der Waals surface area contributed by atoms with Crippen LogP contribution in [0.1, 0.15) is 11.1 Å². The maximum Gasteiger partial charge on any atom is 0.172 e. The number of aliphatic hydroxyl groups is 1. The molecule has 0 spiro atoms. The topological polar surface area (TPSA) is 38.0 Å². The van der Waals surface area contributed by atoms with Crippen LogP contribution < -0.4 is 0 Å². The molecule has 0 radical (unpaired) electrons. The first kappa shape index (κ1) is 11.2. The lowest BCUT2D eigenvalue weighted by Crippen LogP contribution is -1.92. The Morgan fingerprint density at radius 1 is 1.44 bits per heavy atom. The molecule has 0 aliphatic carbocycles. The van der Waals surface area contributed by atoms with Gasteiger partial charge < -0.3 is 9.67 Å². The Morgan fingerprint density at radius 3 is 2.88 bits per heavy atom. The van der Waals surface area contributed by atoms with Gasteiger partial charge in [0.1, 0.15) is 0 Å². The van der Waals surface area contributed by atoms with Crippen LogP contribution in [0, 0.1) is 6.92 Å². The number of hydrogen-bond acceptors (Lipinski definition) is 3. The smallest absolute Gasteiger partial charge is 0.172 e. The number of aromatic nitrogens is 2. The molecule has 1 aromatic heterocycles. The zero-order chi connectivity index (χ0) is 11.5. The fraction of sp³-hybridized carbons (Fsp3) is 0.250. The van der Waals surface area contributed by atoms with Gasteiger partial charge in [0.15, 0.2) is 5.16 Å². The Hall–Kier alpha value is -1.26. The van der Waals surface area contributed by atoms with Crippen LogP contribution in [0.2, 0.25) is 0 Å². The number of benzene rings is 1. The molecule has 0 aliphatic heterocycles. The highest BCUT2D eigenvalue weighted by Gasteiger charge is 2.07. The average molecular weight is 234 g/mol. The molecule has 1 N–H and O–H groups in total. The molecule has 0 saturated carbocycles. The molecule has 0 atom stereocenters. The van der Waals surface area contributed by atoms with Gasteiger partial charge in [0, 0.05) is 24.3 Å². The van der Waals surface area contributed by atoms with E-state index in [1.807, 2.05) is 42.9 Å². The zero-order valence-corrected chi connectivity index (χ0v) is 10.2. The average Bonchev–Trinajstić information content (AvgIpc) is 2.67. The molecule has 1 heterocycles. The minimum absolute atomic E-state index is 0.0639. The predicted octanol–water partition coefficient (Wildman–Crippen LogP) is 2.37. The van der Waals surface area contributed by atoms with E-state index in [1.165, 1.54) is 0 Å². The molecule has 0 saturated heterocycles. The largest absolute Gasteiger partial charge is 0.392 e. The monoisotopic (exact) mass is 234 g/mol. The number of aryl methyl sites for hydroxylation is 2. The maximum atomic E-state index is 9.30. The molecule has 3 nitrogen and oxygen atoms in total. The van der Waals surface area contributed by atoms with Crippen LogP contribution in [0.4, 0.5) is 0 Å². The lowest BCUT2D eigenvalue weighted by atomic mass is 10.1. The Labute approximate surface area is 99.1 Å². The van der Waals surface area contributed by atoms with E-state index in [4.69, 9.17) is 0 Å². The molecule has 0 fully saturated rings. The van der Waals surface area contributed by atoms with E-state index in [1.54, 1.807) is 18.0 Å². The summed E-state index contributed by atoms with van der Waals surface area (Å²) in [5.74, 6) is 0. The van der Waals surface area contributed by atoms with Crippen molar-refractivity contribution >= 4 is 11.8 Å². The molecule has 84 valence electrons. The summed E-state index contributed by atoms with van der Waals surface area (Å²) >= 11 is 1.57. The maximum absolute atomic E-state index is 9.30. The molecule has 0 unspecified atom stereocenters. The van der Waals surface area contributed by atoms with Gasteiger partial charge in [-0.1, -0.05) is 29.5 Å². The van der Waals surface area contributed by atoms with Gasteiger partial charge >= 0.3 is 0 Å². The summed E-state index contributed by atoms with van der Waals surface area (Å²) in [5.41, 5.74) is 2.11. The summed E-state index contributed by atoms with van der Waals surface area (Å²) in [5, 5.41) is 10.2. The molecule has 16 heavy (non-hydrogen) atoms. The van der Waals surface area contributed by atoms with Crippen LogP contribution in [0.15, 0.2) is 40.6 Å². The van der Waals surface area contributed by atoms with E-state index in [-0.39, 0.29) is 6.61 Å². The molecule has 0 bridgehead atoms. The lowest BCUT2D eigenvalue weighted by molar-refractivity contribution is 0.279. The van der Waals surface area contributed by atoms with Gasteiger partial charge in [-0.3, -0.25) is 0 Å². The lowest BCUT2D eigenvalue weighted by Gasteiger charge is -2.07. The SMILES string of the molecule is Cc1ccc(Sc2nccn2C)c(CO)c1. The summed E-state index contributed by atoms with van der Waals surface area (Å²) in [6.07, 6.45) is 3.68. The second-order valence-corrected chi connectivity index (χ2v) is 4.70. The summed E-state index contributed by atoms with van der Waals surface area (Å²) < 4.78 is 1.96. The quantitative estimate of drug-likeness (QED) is 0.886. The van der Waals surface area contributed by atoms with Gasteiger partial charge in [-0.05, 0) is 18.6 Å². The van der Waals surface area contributed by atoms with E-state index in [2.05, 4.69) is 4.98 Å². The summed E-state index contributed by atoms with van der Waals surface area (Å²) in [4.78, 5) is 5.31. The van der Waals surface area contributed by atoms with Crippen molar-refractivity contribution in [2.24, 2.45) is 7.05 Å². The standard InChI is InChI=1S/C12H14N2OS/c1-9-3-4-11(10(7-9)8-15)16-12-13-5-6-14(12)2/h3-7,15H,8H2,1-2H3. The first-order valence-electron chi connectivity index (χ1n) is 5.06. The fourth-order valence-electron chi connectivity index (χ4n) is 1.48. The van der Waals surface area contributed by atoms with Gasteiger partial charge in [-0.15, -0.1) is 0 Å². The molecular weight excluding hydrogens is 220 g/mol. The van der Waals surface area contributed by atoms with E-state index in [0.29, 0.717) is 0 Å². The van der Waals surface area contributed by atoms with E-state index in [9.17, 15) is 5.11 Å². The molecule has 1 aromatic carbocycles. The van der Waals surface area contributed by atoms with Gasteiger partial charge in [-0.25, -0.2) is 4.98 Å². The fourth-order valence-corrected chi connectivity index (χ4v) is 2.39. The van der Waals surface area contributed by atoms with Crippen LogP contribution in [0.5, 0.6) is 0 Å². The van der Waals surface area contributed by atoms with Crippen molar-refractivity contribution in [1.82, 2.24) is 9.55 Å². The second kappa shape index (κ2) is 4.72. The summed E-state index contributed by atoms with van der Waals surface area (Å²) in [6, 6.07) is 6.08. The van der Waals surface area contributed by atoms with E-state index in [0.717, 1.165) is 21.2 Å². The Kier molecular flexibility index (Phi) is 3.31. The van der Waals surface area contributed by atoms with Crippen molar-refractivity contribution in [3.8, 4) is 0 Å². The normalized spacial score (nSPS) is 10.7.